The van der Waals surface area contributed by atoms with Gasteiger partial charge in [0.1, 0.15) is 11.5 Å². The first-order chi connectivity index (χ1) is 28.5. The minimum atomic E-state index is -0.426. The first-order valence-electron chi connectivity index (χ1n) is 20.4. The van der Waals surface area contributed by atoms with Gasteiger partial charge in [-0.2, -0.15) is 0 Å². The summed E-state index contributed by atoms with van der Waals surface area (Å²) in [5.41, 5.74) is 15.0. The molecule has 7 aromatic rings. The standard InChI is InChI=1S/C54H41N3O/c1-34-26-28-37(29-27-34)51-55-52(40-18-12-16-38(31-40)36-14-4-3-5-15-36)57-53(56-51)41-19-13-17-39(32-41)44-33-50-48(30-35(44)2)54(47-24-10-11-25-49(47)58-50)45-22-8-6-20-42(45)43-21-7-9-23-46(43)54/h3-26,28-29,31-35H,27,30H2,1-2H3/t34-,35?/m1/s1. The lowest BCUT2D eigenvalue weighted by atomic mass is 9.62. The normalized spacial score (nSPS) is 18.4. The Labute approximate surface area is 339 Å². The monoisotopic (exact) mass is 747 g/mol. The second kappa shape index (κ2) is 13.6. The van der Waals surface area contributed by atoms with Crippen LogP contribution in [0.2, 0.25) is 0 Å². The molecule has 1 unspecified atom stereocenters. The number of allylic oxidation sites excluding steroid dienone is 7. The van der Waals surface area contributed by atoms with Crippen LogP contribution in [-0.4, -0.2) is 15.0 Å². The van der Waals surface area contributed by atoms with E-state index in [1.807, 2.05) is 6.07 Å². The molecule has 0 saturated carbocycles. The predicted molar refractivity (Wildman–Crippen MR) is 235 cm³/mol. The number of para-hydroxylation sites is 1. The molecule has 0 saturated heterocycles. The fourth-order valence-corrected chi connectivity index (χ4v) is 9.64. The van der Waals surface area contributed by atoms with E-state index in [-0.39, 0.29) is 5.92 Å². The lowest BCUT2D eigenvalue weighted by molar-refractivity contribution is 0.383. The second-order valence-corrected chi connectivity index (χ2v) is 16.1. The van der Waals surface area contributed by atoms with Gasteiger partial charge in [0, 0.05) is 22.3 Å². The molecule has 0 amide bonds. The average molecular weight is 748 g/mol. The Morgan fingerprint density at radius 3 is 1.81 bits per heavy atom. The summed E-state index contributed by atoms with van der Waals surface area (Å²) in [7, 11) is 0. The van der Waals surface area contributed by atoms with Gasteiger partial charge in [-0.05, 0) is 99.0 Å². The maximum atomic E-state index is 6.92. The molecule has 1 spiro atoms. The van der Waals surface area contributed by atoms with Crippen molar-refractivity contribution in [2.24, 2.45) is 11.8 Å². The van der Waals surface area contributed by atoms with E-state index >= 15 is 0 Å². The Kier molecular flexibility index (Phi) is 8.07. The maximum Gasteiger partial charge on any atom is 0.164 e. The molecule has 4 aliphatic rings. The molecule has 11 rings (SSSR count). The highest BCUT2D eigenvalue weighted by molar-refractivity contribution is 5.89. The number of aromatic nitrogens is 3. The van der Waals surface area contributed by atoms with E-state index in [9.17, 15) is 0 Å². The molecule has 6 aromatic carbocycles. The lowest BCUT2D eigenvalue weighted by Gasteiger charge is -2.43. The first-order valence-corrected chi connectivity index (χ1v) is 20.4. The molecule has 278 valence electrons. The largest absolute Gasteiger partial charge is 0.457 e. The van der Waals surface area contributed by atoms with E-state index in [0.717, 1.165) is 57.7 Å². The van der Waals surface area contributed by atoms with Crippen LogP contribution in [-0.2, 0) is 5.41 Å². The smallest absolute Gasteiger partial charge is 0.164 e. The third kappa shape index (κ3) is 5.47. The molecule has 0 fully saturated rings. The minimum Gasteiger partial charge on any atom is -0.457 e. The summed E-state index contributed by atoms with van der Waals surface area (Å²) in [5.74, 6) is 4.57. The molecule has 2 atom stereocenters. The molecule has 4 heteroatoms. The zero-order chi connectivity index (χ0) is 38.8. The van der Waals surface area contributed by atoms with E-state index < -0.39 is 5.41 Å². The van der Waals surface area contributed by atoms with E-state index in [4.69, 9.17) is 19.7 Å². The molecular weight excluding hydrogens is 707 g/mol. The van der Waals surface area contributed by atoms with Crippen LogP contribution in [0.5, 0.6) is 5.75 Å². The molecular formula is C54H41N3O. The molecule has 1 aromatic heterocycles. The number of nitrogens with zero attached hydrogens (tertiary/aromatic N) is 3. The van der Waals surface area contributed by atoms with Gasteiger partial charge in [0.15, 0.2) is 17.5 Å². The van der Waals surface area contributed by atoms with E-state index in [0.29, 0.717) is 23.4 Å². The van der Waals surface area contributed by atoms with Crippen LogP contribution in [0.4, 0.5) is 0 Å². The molecule has 0 N–H and O–H groups in total. The van der Waals surface area contributed by atoms with Crippen LogP contribution >= 0.6 is 0 Å². The molecule has 2 heterocycles. The van der Waals surface area contributed by atoms with Gasteiger partial charge in [-0.25, -0.2) is 15.0 Å². The highest BCUT2D eigenvalue weighted by atomic mass is 16.5. The van der Waals surface area contributed by atoms with Gasteiger partial charge >= 0.3 is 0 Å². The topological polar surface area (TPSA) is 47.9 Å². The summed E-state index contributed by atoms with van der Waals surface area (Å²) < 4.78 is 6.92. The summed E-state index contributed by atoms with van der Waals surface area (Å²) in [5, 5.41) is 0. The van der Waals surface area contributed by atoms with Crippen LogP contribution < -0.4 is 4.74 Å². The number of ether oxygens (including phenoxy) is 1. The van der Waals surface area contributed by atoms with Crippen molar-refractivity contribution < 1.29 is 4.74 Å². The zero-order valence-corrected chi connectivity index (χ0v) is 32.6. The van der Waals surface area contributed by atoms with Crippen LogP contribution in [0, 0.1) is 11.8 Å². The molecule has 4 nitrogen and oxygen atoms in total. The van der Waals surface area contributed by atoms with Crippen LogP contribution in [0.15, 0.2) is 187 Å². The Balaban J connectivity index is 1.04. The van der Waals surface area contributed by atoms with Crippen molar-refractivity contribution in [2.75, 3.05) is 0 Å². The molecule has 58 heavy (non-hydrogen) atoms. The molecule has 1 aliphatic heterocycles. The van der Waals surface area contributed by atoms with E-state index in [2.05, 4.69) is 184 Å². The Hall–Kier alpha value is -6.91. The average Bonchev–Trinajstić information content (AvgIpc) is 3.57. The van der Waals surface area contributed by atoms with Gasteiger partial charge in [-0.3, -0.25) is 0 Å². The van der Waals surface area contributed by atoms with E-state index in [1.165, 1.54) is 39.0 Å². The highest BCUT2D eigenvalue weighted by Gasteiger charge is 2.52. The highest BCUT2D eigenvalue weighted by Crippen LogP contribution is 2.62. The molecule has 0 bridgehead atoms. The Morgan fingerprint density at radius 1 is 0.552 bits per heavy atom. The summed E-state index contributed by atoms with van der Waals surface area (Å²) in [6.45, 7) is 4.59. The van der Waals surface area contributed by atoms with Gasteiger partial charge in [0.25, 0.3) is 0 Å². The SMILES string of the molecule is CC1CC2=C(C=C1c1cccc(-c3nc(C4=CC[C@H](C)C=C4)nc(-c4cccc(-c5ccccc5)c4)n3)c1)Oc1ccccc1C21c2ccccc2-c2ccccc21. The summed E-state index contributed by atoms with van der Waals surface area (Å²) in [6, 6.07) is 54.2. The van der Waals surface area contributed by atoms with Crippen molar-refractivity contribution in [3.05, 3.63) is 215 Å². The summed E-state index contributed by atoms with van der Waals surface area (Å²) >= 11 is 0. The van der Waals surface area contributed by atoms with Crippen LogP contribution in [0.1, 0.15) is 54.8 Å². The summed E-state index contributed by atoms with van der Waals surface area (Å²) in [4.78, 5) is 15.4. The minimum absolute atomic E-state index is 0.226. The van der Waals surface area contributed by atoms with Gasteiger partial charge in [0.2, 0.25) is 0 Å². The molecule has 3 aliphatic carbocycles. The first kappa shape index (κ1) is 34.3. The van der Waals surface area contributed by atoms with Gasteiger partial charge < -0.3 is 4.74 Å². The lowest BCUT2D eigenvalue weighted by Crippen LogP contribution is -2.36. The van der Waals surface area contributed by atoms with Crippen LogP contribution in [0.3, 0.4) is 0 Å². The Morgan fingerprint density at radius 2 is 1.12 bits per heavy atom. The predicted octanol–water partition coefficient (Wildman–Crippen LogP) is 12.9. The van der Waals surface area contributed by atoms with Crippen molar-refractivity contribution in [1.29, 1.82) is 0 Å². The third-order valence-electron chi connectivity index (χ3n) is 12.4. The maximum absolute atomic E-state index is 6.92. The number of fused-ring (bicyclic) bond motifs is 8. The zero-order valence-electron chi connectivity index (χ0n) is 32.6. The number of benzene rings is 6. The van der Waals surface area contributed by atoms with Gasteiger partial charge in [-0.15, -0.1) is 0 Å². The summed E-state index contributed by atoms with van der Waals surface area (Å²) in [6.07, 6.45) is 10.8. The van der Waals surface area contributed by atoms with Crippen molar-refractivity contribution in [3.63, 3.8) is 0 Å². The quantitative estimate of drug-likeness (QED) is 0.176. The fraction of sp³-hybridized carbons (Fsp3) is 0.130. The number of hydrogen-bond donors (Lipinski definition) is 0. The fourth-order valence-electron chi connectivity index (χ4n) is 9.64. The Bertz CT molecular complexity index is 2870. The van der Waals surface area contributed by atoms with Crippen molar-refractivity contribution in [1.82, 2.24) is 15.0 Å². The third-order valence-corrected chi connectivity index (χ3v) is 12.4. The second-order valence-electron chi connectivity index (χ2n) is 16.1. The van der Waals surface area contributed by atoms with Crippen molar-refractivity contribution >= 4 is 11.1 Å². The van der Waals surface area contributed by atoms with Crippen LogP contribution in [0.25, 0.3) is 56.2 Å². The van der Waals surface area contributed by atoms with Crippen molar-refractivity contribution in [2.45, 2.75) is 32.1 Å². The number of rotatable bonds is 5. The number of hydrogen-bond acceptors (Lipinski definition) is 4. The molecule has 0 radical (unpaired) electrons. The van der Waals surface area contributed by atoms with Gasteiger partial charge in [-0.1, -0.05) is 166 Å². The van der Waals surface area contributed by atoms with E-state index in [1.54, 1.807) is 0 Å². The van der Waals surface area contributed by atoms with Gasteiger partial charge in [0.05, 0.1) is 5.41 Å². The van der Waals surface area contributed by atoms with Crippen molar-refractivity contribution in [3.8, 4) is 50.8 Å².